The van der Waals surface area contributed by atoms with Crippen molar-refractivity contribution in [2.45, 2.75) is 18.1 Å². The van der Waals surface area contributed by atoms with Gasteiger partial charge in [-0.1, -0.05) is 60.7 Å². The number of amides is 2. The molecule has 2 aliphatic rings. The summed E-state index contributed by atoms with van der Waals surface area (Å²) in [7, 11) is 1.55. The average Bonchev–Trinajstić information content (AvgIpc) is 3.12. The van der Waals surface area contributed by atoms with Gasteiger partial charge in [-0.05, 0) is 46.5 Å². The molecule has 3 aromatic rings. The van der Waals surface area contributed by atoms with Crippen LogP contribution in [0.2, 0.25) is 0 Å². The Hall–Kier alpha value is -3.90. The number of imide groups is 1. The van der Waals surface area contributed by atoms with Crippen molar-refractivity contribution in [3.63, 3.8) is 0 Å². The molecule has 1 aliphatic carbocycles. The Bertz CT molecular complexity index is 1220. The van der Waals surface area contributed by atoms with E-state index in [1.54, 1.807) is 43.5 Å². The number of ether oxygens (including phenoxy) is 2. The molecule has 0 radical (unpaired) electrons. The number of methoxy groups -OCH3 is 1. The minimum Gasteiger partial charge on any atom is -0.497 e. The Labute approximate surface area is 185 Å². The Balaban J connectivity index is 1.47. The lowest BCUT2D eigenvalue weighted by molar-refractivity contribution is -0.118. The normalized spacial score (nSPS) is 21.1. The number of fused-ring (bicyclic) bond motifs is 2. The lowest BCUT2D eigenvalue weighted by Crippen LogP contribution is -2.39. The van der Waals surface area contributed by atoms with E-state index in [2.05, 4.69) is 0 Å². The smallest absolute Gasteiger partial charge is 0.421 e. The fraction of sp³-hybridized carbons (Fsp3) is 0.154. The second kappa shape index (κ2) is 7.98. The number of carbonyl (C=O) groups excluding carboxylic acids is 2. The molecule has 0 saturated heterocycles. The Morgan fingerprint density at radius 1 is 0.969 bits per heavy atom. The number of nitrogens with zero attached hydrogens (tertiary/aromatic N) is 1. The first-order valence-corrected chi connectivity index (χ1v) is 10.3. The van der Waals surface area contributed by atoms with Crippen LogP contribution in [-0.2, 0) is 9.53 Å². The molecule has 0 fully saturated rings. The highest BCUT2D eigenvalue weighted by Crippen LogP contribution is 2.43. The largest absolute Gasteiger partial charge is 0.497 e. The van der Waals surface area contributed by atoms with Crippen LogP contribution < -0.4 is 9.64 Å². The topological polar surface area (TPSA) is 76.1 Å². The van der Waals surface area contributed by atoms with Gasteiger partial charge >= 0.3 is 6.09 Å². The average molecular weight is 427 g/mol. The third kappa shape index (κ3) is 3.25. The summed E-state index contributed by atoms with van der Waals surface area (Å²) in [5.74, 6) is -0.463. The standard InChI is InChI=1S/C26H21NO5/c1-31-18-12-13-21-20(15-18)23(17-8-3-2-4-9-17)25(29)27(21)26(30)32-22-14-11-16-7-5-6-10-19(16)24(22)28/h2-15,22-24,28H,1H3. The summed E-state index contributed by atoms with van der Waals surface area (Å²) < 4.78 is 10.9. The quantitative estimate of drug-likeness (QED) is 0.669. The highest BCUT2D eigenvalue weighted by atomic mass is 16.6. The van der Waals surface area contributed by atoms with Crippen LogP contribution in [0.4, 0.5) is 10.5 Å². The third-order valence-corrected chi connectivity index (χ3v) is 5.90. The van der Waals surface area contributed by atoms with Crippen LogP contribution in [0.15, 0.2) is 78.9 Å². The summed E-state index contributed by atoms with van der Waals surface area (Å²) in [5, 5.41) is 10.7. The van der Waals surface area contributed by atoms with Crippen LogP contribution in [0.25, 0.3) is 6.08 Å². The first-order chi connectivity index (χ1) is 15.6. The van der Waals surface area contributed by atoms with Crippen molar-refractivity contribution >= 4 is 23.8 Å². The number of benzene rings is 3. The molecule has 0 spiro atoms. The molecule has 1 heterocycles. The molecule has 2 amide bonds. The van der Waals surface area contributed by atoms with E-state index in [0.717, 1.165) is 16.0 Å². The van der Waals surface area contributed by atoms with Gasteiger partial charge in [0.2, 0.25) is 5.91 Å². The number of rotatable bonds is 3. The van der Waals surface area contributed by atoms with Gasteiger partial charge in [-0.25, -0.2) is 9.69 Å². The zero-order chi connectivity index (χ0) is 22.2. The van der Waals surface area contributed by atoms with Crippen LogP contribution >= 0.6 is 0 Å². The van der Waals surface area contributed by atoms with Crippen LogP contribution in [0.1, 0.15) is 34.3 Å². The Kier molecular flexibility index (Phi) is 4.99. The van der Waals surface area contributed by atoms with E-state index in [1.807, 2.05) is 48.5 Å². The summed E-state index contributed by atoms with van der Waals surface area (Å²) in [6, 6.07) is 21.8. The molecule has 6 nitrogen and oxygen atoms in total. The van der Waals surface area contributed by atoms with Crippen LogP contribution in [-0.4, -0.2) is 30.3 Å². The predicted molar refractivity (Wildman–Crippen MR) is 119 cm³/mol. The van der Waals surface area contributed by atoms with E-state index in [9.17, 15) is 14.7 Å². The van der Waals surface area contributed by atoms with Gasteiger partial charge in [-0.15, -0.1) is 0 Å². The molecule has 0 saturated carbocycles. The van der Waals surface area contributed by atoms with Crippen LogP contribution in [0.5, 0.6) is 5.75 Å². The van der Waals surface area contributed by atoms with Gasteiger partial charge in [0, 0.05) is 0 Å². The van der Waals surface area contributed by atoms with E-state index in [4.69, 9.17) is 9.47 Å². The maximum absolute atomic E-state index is 13.4. The number of hydrogen-bond donors (Lipinski definition) is 1. The molecule has 1 aliphatic heterocycles. The van der Waals surface area contributed by atoms with Crippen molar-refractivity contribution in [2.75, 3.05) is 12.0 Å². The number of aliphatic hydroxyl groups excluding tert-OH is 1. The van der Waals surface area contributed by atoms with E-state index in [1.165, 1.54) is 0 Å². The molecule has 5 rings (SSSR count). The summed E-state index contributed by atoms with van der Waals surface area (Å²) in [4.78, 5) is 27.7. The van der Waals surface area contributed by atoms with Gasteiger partial charge in [0.05, 0.1) is 18.7 Å². The maximum Gasteiger partial charge on any atom is 0.421 e. The lowest BCUT2D eigenvalue weighted by atomic mass is 9.92. The van der Waals surface area contributed by atoms with Gasteiger partial charge in [0.25, 0.3) is 0 Å². The van der Waals surface area contributed by atoms with E-state index in [0.29, 0.717) is 22.6 Å². The van der Waals surface area contributed by atoms with Crippen LogP contribution in [0, 0.1) is 0 Å². The number of aliphatic hydroxyl groups is 1. The van der Waals surface area contributed by atoms with Crippen LogP contribution in [0.3, 0.4) is 0 Å². The van der Waals surface area contributed by atoms with Crippen molar-refractivity contribution in [1.29, 1.82) is 0 Å². The minimum atomic E-state index is -1.02. The Morgan fingerprint density at radius 3 is 2.50 bits per heavy atom. The van der Waals surface area contributed by atoms with E-state index >= 15 is 0 Å². The van der Waals surface area contributed by atoms with Gasteiger partial charge in [-0.2, -0.15) is 0 Å². The van der Waals surface area contributed by atoms with Crippen molar-refractivity contribution in [1.82, 2.24) is 0 Å². The highest BCUT2D eigenvalue weighted by molar-refractivity contribution is 6.20. The van der Waals surface area contributed by atoms with Crippen molar-refractivity contribution in [3.05, 3.63) is 101 Å². The first kappa shape index (κ1) is 20.0. The summed E-state index contributed by atoms with van der Waals surface area (Å²) in [6.07, 6.45) is 0.695. The summed E-state index contributed by atoms with van der Waals surface area (Å²) in [5.41, 5.74) is 3.43. The number of anilines is 1. The molecule has 160 valence electrons. The molecule has 3 atom stereocenters. The fourth-order valence-corrected chi connectivity index (χ4v) is 4.32. The molecule has 6 heteroatoms. The van der Waals surface area contributed by atoms with Crippen molar-refractivity contribution in [2.24, 2.45) is 0 Å². The molecular formula is C26H21NO5. The highest BCUT2D eigenvalue weighted by Gasteiger charge is 2.43. The van der Waals surface area contributed by atoms with Crippen molar-refractivity contribution in [3.8, 4) is 5.75 Å². The van der Waals surface area contributed by atoms with Gasteiger partial charge in [-0.3, -0.25) is 4.79 Å². The molecule has 1 N–H and O–H groups in total. The fourth-order valence-electron chi connectivity index (χ4n) is 4.32. The molecule has 0 bridgehead atoms. The van der Waals surface area contributed by atoms with E-state index < -0.39 is 30.1 Å². The molecule has 0 aromatic heterocycles. The maximum atomic E-state index is 13.4. The SMILES string of the molecule is COc1ccc2c(c1)C(c1ccccc1)C(=O)N2C(=O)OC1C=Cc2ccccc2C1O. The molecule has 3 unspecified atom stereocenters. The molecule has 32 heavy (non-hydrogen) atoms. The monoisotopic (exact) mass is 427 g/mol. The van der Waals surface area contributed by atoms with E-state index in [-0.39, 0.29) is 0 Å². The number of hydrogen-bond acceptors (Lipinski definition) is 5. The predicted octanol–water partition coefficient (Wildman–Crippen LogP) is 4.44. The third-order valence-electron chi connectivity index (χ3n) is 5.90. The summed E-state index contributed by atoms with van der Waals surface area (Å²) >= 11 is 0. The van der Waals surface area contributed by atoms with Gasteiger partial charge in [0.15, 0.2) is 6.10 Å². The second-order valence-corrected chi connectivity index (χ2v) is 7.72. The molecule has 3 aromatic carbocycles. The first-order valence-electron chi connectivity index (χ1n) is 10.3. The number of carbonyl (C=O) groups is 2. The summed E-state index contributed by atoms with van der Waals surface area (Å²) in [6.45, 7) is 0. The second-order valence-electron chi connectivity index (χ2n) is 7.72. The molecular weight excluding hydrogens is 406 g/mol. The zero-order valence-corrected chi connectivity index (χ0v) is 17.3. The zero-order valence-electron chi connectivity index (χ0n) is 17.3. The Morgan fingerprint density at radius 2 is 1.72 bits per heavy atom. The minimum absolute atomic E-state index is 0.404. The van der Waals surface area contributed by atoms with Gasteiger partial charge < -0.3 is 14.6 Å². The van der Waals surface area contributed by atoms with Crippen molar-refractivity contribution < 1.29 is 24.2 Å². The lowest BCUT2D eigenvalue weighted by Gasteiger charge is -2.27. The van der Waals surface area contributed by atoms with Gasteiger partial charge in [0.1, 0.15) is 11.9 Å².